The number of hydrogen-bond acceptors (Lipinski definition) is 5. The molecule has 2 aromatic rings. The van der Waals surface area contributed by atoms with Crippen LogP contribution in [-0.4, -0.2) is 15.5 Å². The molecule has 0 saturated heterocycles. The minimum atomic E-state index is -0.0862. The molecule has 2 rings (SSSR count). The van der Waals surface area contributed by atoms with Crippen LogP contribution in [0.1, 0.15) is 20.8 Å². The fourth-order valence-corrected chi connectivity index (χ4v) is 2.34. The van der Waals surface area contributed by atoms with E-state index < -0.39 is 0 Å². The summed E-state index contributed by atoms with van der Waals surface area (Å²) >= 11 is 1.54. The molecular weight excluding hydrogens is 256 g/mol. The third-order valence-electron chi connectivity index (χ3n) is 2.30. The molecule has 19 heavy (non-hydrogen) atoms. The number of aromatic nitrogens is 2. The summed E-state index contributed by atoms with van der Waals surface area (Å²) in [4.78, 5) is 9.56. The van der Waals surface area contributed by atoms with Crippen molar-refractivity contribution in [1.82, 2.24) is 9.97 Å². The van der Waals surface area contributed by atoms with Gasteiger partial charge in [0.05, 0.1) is 0 Å². The molecule has 0 atom stereocenters. The number of rotatable bonds is 3. The highest BCUT2D eigenvalue weighted by Gasteiger charge is 2.15. The number of nitrogens with zero attached hydrogens (tertiary/aromatic N) is 2. The molecule has 0 radical (unpaired) electrons. The van der Waals surface area contributed by atoms with Gasteiger partial charge < -0.3 is 11.1 Å². The summed E-state index contributed by atoms with van der Waals surface area (Å²) in [6.45, 7) is 6.20. The summed E-state index contributed by atoms with van der Waals surface area (Å²) in [5.41, 5.74) is 6.63. The molecule has 0 unspecified atom stereocenters. The van der Waals surface area contributed by atoms with E-state index in [0.29, 0.717) is 11.5 Å². The highest BCUT2D eigenvalue weighted by Crippen LogP contribution is 2.33. The van der Waals surface area contributed by atoms with Crippen LogP contribution in [0.4, 0.5) is 11.5 Å². The van der Waals surface area contributed by atoms with Crippen molar-refractivity contribution in [3.8, 4) is 0 Å². The van der Waals surface area contributed by atoms with Crippen molar-refractivity contribution < 1.29 is 0 Å². The van der Waals surface area contributed by atoms with Crippen LogP contribution in [0.2, 0.25) is 0 Å². The van der Waals surface area contributed by atoms with Crippen molar-refractivity contribution in [1.29, 1.82) is 0 Å². The van der Waals surface area contributed by atoms with Gasteiger partial charge in [-0.3, -0.25) is 0 Å². The normalized spacial score (nSPS) is 11.3. The summed E-state index contributed by atoms with van der Waals surface area (Å²) < 4.78 is 0. The molecule has 5 heteroatoms. The van der Waals surface area contributed by atoms with Gasteiger partial charge in [-0.1, -0.05) is 30.0 Å². The van der Waals surface area contributed by atoms with E-state index in [4.69, 9.17) is 5.73 Å². The van der Waals surface area contributed by atoms with E-state index in [9.17, 15) is 0 Å². The smallest absolute Gasteiger partial charge is 0.154 e. The molecule has 3 N–H and O–H groups in total. The summed E-state index contributed by atoms with van der Waals surface area (Å²) in [5.74, 6) is 0.681. The lowest BCUT2D eigenvalue weighted by Gasteiger charge is -2.22. The molecule has 1 aromatic carbocycles. The first kappa shape index (κ1) is 13.7. The van der Waals surface area contributed by atoms with Gasteiger partial charge >= 0.3 is 0 Å². The third-order valence-corrected chi connectivity index (χ3v) is 3.33. The molecule has 1 aromatic heterocycles. The summed E-state index contributed by atoms with van der Waals surface area (Å²) in [6, 6.07) is 10.0. The van der Waals surface area contributed by atoms with E-state index in [1.54, 1.807) is 0 Å². The average Bonchev–Trinajstić information content (AvgIpc) is 2.34. The quantitative estimate of drug-likeness (QED) is 0.840. The molecule has 4 nitrogen and oxygen atoms in total. The SMILES string of the molecule is CC(C)(C)Nc1ncnc(Sc2ccccc2)c1N. The van der Waals surface area contributed by atoms with Crippen LogP contribution in [0.3, 0.4) is 0 Å². The Kier molecular flexibility index (Phi) is 3.95. The Morgan fingerprint density at radius 1 is 1.11 bits per heavy atom. The van der Waals surface area contributed by atoms with E-state index in [-0.39, 0.29) is 5.54 Å². The Balaban J connectivity index is 2.25. The van der Waals surface area contributed by atoms with Gasteiger partial charge in [0.2, 0.25) is 0 Å². The Morgan fingerprint density at radius 3 is 2.42 bits per heavy atom. The minimum absolute atomic E-state index is 0.0862. The van der Waals surface area contributed by atoms with Gasteiger partial charge in [0.15, 0.2) is 5.82 Å². The van der Waals surface area contributed by atoms with E-state index in [0.717, 1.165) is 9.92 Å². The van der Waals surface area contributed by atoms with Crippen molar-refractivity contribution in [3.63, 3.8) is 0 Å². The zero-order chi connectivity index (χ0) is 13.9. The second-order valence-corrected chi connectivity index (χ2v) is 6.29. The van der Waals surface area contributed by atoms with Gasteiger partial charge in [0, 0.05) is 10.4 Å². The fourth-order valence-electron chi connectivity index (χ4n) is 1.52. The number of nitrogens with one attached hydrogen (secondary N) is 1. The molecule has 0 saturated carbocycles. The van der Waals surface area contributed by atoms with Crippen molar-refractivity contribution in [2.45, 2.75) is 36.2 Å². The van der Waals surface area contributed by atoms with E-state index in [1.165, 1.54) is 18.1 Å². The van der Waals surface area contributed by atoms with E-state index in [2.05, 4.69) is 36.1 Å². The lowest BCUT2D eigenvalue weighted by molar-refractivity contribution is 0.630. The zero-order valence-electron chi connectivity index (χ0n) is 11.3. The predicted octanol–water partition coefficient (Wildman–Crippen LogP) is 3.42. The first-order valence-corrected chi connectivity index (χ1v) is 6.89. The Bertz CT molecular complexity index is 549. The summed E-state index contributed by atoms with van der Waals surface area (Å²) in [5, 5.41) is 4.06. The van der Waals surface area contributed by atoms with Crippen LogP contribution in [0, 0.1) is 0 Å². The second-order valence-electron chi connectivity index (χ2n) is 5.23. The molecule has 0 aliphatic carbocycles. The lowest BCUT2D eigenvalue weighted by atomic mass is 10.1. The van der Waals surface area contributed by atoms with Crippen molar-refractivity contribution in [3.05, 3.63) is 36.7 Å². The molecule has 100 valence electrons. The average molecular weight is 274 g/mol. The van der Waals surface area contributed by atoms with Crippen LogP contribution in [0.5, 0.6) is 0 Å². The maximum Gasteiger partial charge on any atom is 0.154 e. The van der Waals surface area contributed by atoms with Crippen molar-refractivity contribution in [2.75, 3.05) is 11.1 Å². The molecule has 0 bridgehead atoms. The predicted molar refractivity (Wildman–Crippen MR) is 80.4 cm³/mol. The summed E-state index contributed by atoms with van der Waals surface area (Å²) in [6.07, 6.45) is 1.54. The first-order valence-electron chi connectivity index (χ1n) is 6.07. The van der Waals surface area contributed by atoms with Crippen molar-refractivity contribution in [2.24, 2.45) is 0 Å². The maximum absolute atomic E-state index is 6.13. The third kappa shape index (κ3) is 3.86. The van der Waals surface area contributed by atoms with Gasteiger partial charge in [0.1, 0.15) is 17.0 Å². The van der Waals surface area contributed by atoms with Crippen LogP contribution < -0.4 is 11.1 Å². The van der Waals surface area contributed by atoms with Gasteiger partial charge in [-0.25, -0.2) is 9.97 Å². The minimum Gasteiger partial charge on any atom is -0.394 e. The van der Waals surface area contributed by atoms with Crippen LogP contribution in [-0.2, 0) is 0 Å². The standard InChI is InChI=1S/C14H18N4S/c1-14(2,3)18-12-11(15)13(17-9-16-12)19-10-7-5-4-6-8-10/h4-9H,15H2,1-3H3,(H,16,17,18). The largest absolute Gasteiger partial charge is 0.394 e. The van der Waals surface area contributed by atoms with Gasteiger partial charge in [-0.05, 0) is 32.9 Å². The maximum atomic E-state index is 6.13. The molecule has 1 heterocycles. The van der Waals surface area contributed by atoms with Gasteiger partial charge in [0.25, 0.3) is 0 Å². The van der Waals surface area contributed by atoms with Gasteiger partial charge in [-0.15, -0.1) is 0 Å². The number of nitrogens with two attached hydrogens (primary N) is 1. The Labute approximate surface area is 117 Å². The highest BCUT2D eigenvalue weighted by molar-refractivity contribution is 7.99. The molecule has 0 fully saturated rings. The fraction of sp³-hybridized carbons (Fsp3) is 0.286. The molecule has 0 aliphatic heterocycles. The van der Waals surface area contributed by atoms with Crippen molar-refractivity contribution >= 4 is 23.3 Å². The summed E-state index contributed by atoms with van der Waals surface area (Å²) in [7, 11) is 0. The lowest BCUT2D eigenvalue weighted by Crippen LogP contribution is -2.27. The van der Waals surface area contributed by atoms with Crippen LogP contribution in [0.25, 0.3) is 0 Å². The molecule has 0 spiro atoms. The number of nitrogen functional groups attached to an aromatic ring is 1. The number of hydrogen-bond donors (Lipinski definition) is 2. The van der Waals surface area contributed by atoms with Gasteiger partial charge in [-0.2, -0.15) is 0 Å². The van der Waals surface area contributed by atoms with E-state index in [1.807, 2.05) is 30.3 Å². The topological polar surface area (TPSA) is 63.8 Å². The zero-order valence-corrected chi connectivity index (χ0v) is 12.2. The second kappa shape index (κ2) is 5.48. The Hall–Kier alpha value is -1.75. The monoisotopic (exact) mass is 274 g/mol. The van der Waals surface area contributed by atoms with E-state index >= 15 is 0 Å². The molecule has 0 aliphatic rings. The van der Waals surface area contributed by atoms with Crippen LogP contribution in [0.15, 0.2) is 46.6 Å². The highest BCUT2D eigenvalue weighted by atomic mass is 32.2. The Morgan fingerprint density at radius 2 is 1.79 bits per heavy atom. The van der Waals surface area contributed by atoms with Crippen LogP contribution >= 0.6 is 11.8 Å². The first-order chi connectivity index (χ1) is 8.96. The number of anilines is 2. The number of benzene rings is 1. The molecular formula is C14H18N4S. The molecule has 0 amide bonds.